The van der Waals surface area contributed by atoms with Gasteiger partial charge in [0.1, 0.15) is 6.33 Å². The van der Waals surface area contributed by atoms with Crippen LogP contribution in [0.15, 0.2) is 36.7 Å². The Morgan fingerprint density at radius 3 is 2.95 bits per heavy atom. The Hall–Kier alpha value is -2.25. The van der Waals surface area contributed by atoms with Crippen molar-refractivity contribution in [3.63, 3.8) is 0 Å². The third-order valence-electron chi connectivity index (χ3n) is 3.27. The molecule has 1 aliphatic carbocycles. The molecule has 1 amide bonds. The summed E-state index contributed by atoms with van der Waals surface area (Å²) in [7, 11) is 0. The highest BCUT2D eigenvalue weighted by molar-refractivity contribution is 6.33. The number of rotatable bonds is 3. The van der Waals surface area contributed by atoms with Crippen LogP contribution in [-0.2, 0) is 4.79 Å². The maximum Gasteiger partial charge on any atom is 0.231 e. The van der Waals surface area contributed by atoms with Crippen molar-refractivity contribution < 1.29 is 4.79 Å². The van der Waals surface area contributed by atoms with Crippen LogP contribution in [0.4, 0.5) is 5.69 Å². The molecule has 0 spiro atoms. The van der Waals surface area contributed by atoms with Gasteiger partial charge >= 0.3 is 0 Å². The molecule has 1 aromatic carbocycles. The number of benzene rings is 1. The Morgan fingerprint density at radius 2 is 2.29 bits per heavy atom. The van der Waals surface area contributed by atoms with Crippen LogP contribution in [0, 0.1) is 5.92 Å². The van der Waals surface area contributed by atoms with E-state index in [-0.39, 0.29) is 17.9 Å². The standard InChI is InChI=1S/C13H13ClN6O/c14-11-4-3-10(20-7-16-18-19-20)6-12(11)17-13(21)8-1-2-9(15)5-8/h1-4,6-9H,5,15H2,(H,17,21). The van der Waals surface area contributed by atoms with Crippen LogP contribution < -0.4 is 11.1 Å². The van der Waals surface area contributed by atoms with Crippen molar-refractivity contribution in [2.45, 2.75) is 12.5 Å². The molecule has 0 bridgehead atoms. The molecular formula is C13H13ClN6O. The van der Waals surface area contributed by atoms with Gasteiger partial charge in [-0.3, -0.25) is 4.79 Å². The molecule has 1 heterocycles. The Morgan fingerprint density at radius 1 is 1.43 bits per heavy atom. The van der Waals surface area contributed by atoms with Gasteiger partial charge in [0.05, 0.1) is 22.3 Å². The zero-order valence-corrected chi connectivity index (χ0v) is 11.7. The van der Waals surface area contributed by atoms with E-state index in [0.29, 0.717) is 22.8 Å². The van der Waals surface area contributed by atoms with Crippen LogP contribution in [0.25, 0.3) is 5.69 Å². The summed E-state index contributed by atoms with van der Waals surface area (Å²) in [6, 6.07) is 5.10. The second-order valence-electron chi connectivity index (χ2n) is 4.80. The lowest BCUT2D eigenvalue weighted by Crippen LogP contribution is -2.24. The van der Waals surface area contributed by atoms with Crippen LogP contribution in [-0.4, -0.2) is 32.2 Å². The Bertz CT molecular complexity index is 684. The molecule has 2 unspecified atom stereocenters. The van der Waals surface area contributed by atoms with Crippen molar-refractivity contribution in [2.75, 3.05) is 5.32 Å². The van der Waals surface area contributed by atoms with E-state index in [9.17, 15) is 4.79 Å². The Kier molecular flexibility index (Phi) is 3.68. The monoisotopic (exact) mass is 304 g/mol. The van der Waals surface area contributed by atoms with Gasteiger partial charge < -0.3 is 11.1 Å². The van der Waals surface area contributed by atoms with E-state index >= 15 is 0 Å². The number of nitrogens with one attached hydrogen (secondary N) is 1. The van der Waals surface area contributed by atoms with E-state index in [4.69, 9.17) is 17.3 Å². The first-order valence-corrected chi connectivity index (χ1v) is 6.79. The highest BCUT2D eigenvalue weighted by Gasteiger charge is 2.23. The molecular weight excluding hydrogens is 292 g/mol. The Balaban J connectivity index is 1.80. The average molecular weight is 305 g/mol. The first-order chi connectivity index (χ1) is 10.1. The summed E-state index contributed by atoms with van der Waals surface area (Å²) in [6.07, 6.45) is 5.73. The molecule has 1 aliphatic rings. The van der Waals surface area contributed by atoms with Crippen molar-refractivity contribution in [2.24, 2.45) is 11.7 Å². The lowest BCUT2D eigenvalue weighted by atomic mass is 10.1. The first-order valence-electron chi connectivity index (χ1n) is 6.41. The first kappa shape index (κ1) is 13.7. The van der Waals surface area contributed by atoms with E-state index in [2.05, 4.69) is 20.8 Å². The van der Waals surface area contributed by atoms with Crippen molar-refractivity contribution in [1.29, 1.82) is 0 Å². The molecule has 21 heavy (non-hydrogen) atoms. The van der Waals surface area contributed by atoms with Gasteiger partial charge in [0.15, 0.2) is 0 Å². The van der Waals surface area contributed by atoms with Crippen LogP contribution in [0.3, 0.4) is 0 Å². The highest BCUT2D eigenvalue weighted by Crippen LogP contribution is 2.26. The zero-order chi connectivity index (χ0) is 14.8. The molecule has 108 valence electrons. The van der Waals surface area contributed by atoms with Gasteiger partial charge in [0.2, 0.25) is 5.91 Å². The molecule has 7 nitrogen and oxygen atoms in total. The molecule has 0 saturated heterocycles. The number of carbonyl (C=O) groups is 1. The predicted octanol–water partition coefficient (Wildman–Crippen LogP) is 1.16. The molecule has 3 N–H and O–H groups in total. The quantitative estimate of drug-likeness (QED) is 0.829. The number of aromatic nitrogens is 4. The molecule has 0 fully saturated rings. The second kappa shape index (κ2) is 5.63. The van der Waals surface area contributed by atoms with E-state index < -0.39 is 0 Å². The van der Waals surface area contributed by atoms with E-state index in [1.54, 1.807) is 18.2 Å². The molecule has 0 saturated carbocycles. The SMILES string of the molecule is NC1C=CC(C(=O)Nc2cc(-n3cnnn3)ccc2Cl)C1. The third kappa shape index (κ3) is 2.93. The maximum absolute atomic E-state index is 12.2. The molecule has 3 rings (SSSR count). The second-order valence-corrected chi connectivity index (χ2v) is 5.21. The van der Waals surface area contributed by atoms with Crippen molar-refractivity contribution in [3.05, 3.63) is 41.7 Å². The predicted molar refractivity (Wildman–Crippen MR) is 78.0 cm³/mol. The van der Waals surface area contributed by atoms with Crippen LogP contribution in [0.2, 0.25) is 5.02 Å². The topological polar surface area (TPSA) is 98.7 Å². The summed E-state index contributed by atoms with van der Waals surface area (Å²) in [5.41, 5.74) is 6.98. The number of amides is 1. The lowest BCUT2D eigenvalue weighted by molar-refractivity contribution is -0.118. The minimum Gasteiger partial charge on any atom is -0.324 e. The fourth-order valence-corrected chi connectivity index (χ4v) is 2.34. The number of hydrogen-bond acceptors (Lipinski definition) is 5. The number of nitrogens with two attached hydrogens (primary N) is 1. The smallest absolute Gasteiger partial charge is 0.231 e. The van der Waals surface area contributed by atoms with Gasteiger partial charge in [-0.05, 0) is 35.0 Å². The molecule has 2 aromatic rings. The summed E-state index contributed by atoms with van der Waals surface area (Å²) >= 11 is 6.12. The largest absolute Gasteiger partial charge is 0.324 e. The molecule has 2 atom stereocenters. The van der Waals surface area contributed by atoms with Crippen LogP contribution in [0.5, 0.6) is 0 Å². The van der Waals surface area contributed by atoms with E-state index in [1.165, 1.54) is 11.0 Å². The summed E-state index contributed by atoms with van der Waals surface area (Å²) in [5, 5.41) is 14.2. The molecule has 0 radical (unpaired) electrons. The Labute approximate surface area is 125 Å². The number of tetrazole rings is 1. The zero-order valence-electron chi connectivity index (χ0n) is 11.0. The fraction of sp³-hybridized carbons (Fsp3) is 0.231. The highest BCUT2D eigenvalue weighted by atomic mass is 35.5. The van der Waals surface area contributed by atoms with E-state index in [0.717, 1.165) is 0 Å². The van der Waals surface area contributed by atoms with Gasteiger partial charge in [-0.15, -0.1) is 5.10 Å². The number of hydrogen-bond donors (Lipinski definition) is 2. The number of carbonyl (C=O) groups excluding carboxylic acids is 1. The lowest BCUT2D eigenvalue weighted by Gasteiger charge is -2.12. The minimum absolute atomic E-state index is 0.0659. The van der Waals surface area contributed by atoms with Crippen LogP contribution >= 0.6 is 11.6 Å². The fourth-order valence-electron chi connectivity index (χ4n) is 2.18. The van der Waals surface area contributed by atoms with E-state index in [1.807, 2.05) is 12.2 Å². The third-order valence-corrected chi connectivity index (χ3v) is 3.60. The van der Waals surface area contributed by atoms with Crippen molar-refractivity contribution >= 4 is 23.2 Å². The summed E-state index contributed by atoms with van der Waals surface area (Å²) < 4.78 is 1.48. The van der Waals surface area contributed by atoms with Crippen molar-refractivity contribution in [1.82, 2.24) is 20.2 Å². The van der Waals surface area contributed by atoms with Gasteiger partial charge in [0, 0.05) is 6.04 Å². The summed E-state index contributed by atoms with van der Waals surface area (Å²) in [4.78, 5) is 12.2. The minimum atomic E-state index is -0.229. The summed E-state index contributed by atoms with van der Waals surface area (Å²) in [5.74, 6) is -0.359. The molecule has 1 aromatic heterocycles. The molecule has 0 aliphatic heterocycles. The normalized spacial score (nSPS) is 20.7. The number of nitrogens with zero attached hydrogens (tertiary/aromatic N) is 4. The number of halogens is 1. The van der Waals surface area contributed by atoms with Gasteiger partial charge in [-0.1, -0.05) is 23.8 Å². The van der Waals surface area contributed by atoms with Gasteiger partial charge in [-0.25, -0.2) is 4.68 Å². The summed E-state index contributed by atoms with van der Waals surface area (Å²) in [6.45, 7) is 0. The van der Waals surface area contributed by atoms with Crippen LogP contribution in [0.1, 0.15) is 6.42 Å². The maximum atomic E-state index is 12.2. The van der Waals surface area contributed by atoms with Crippen molar-refractivity contribution in [3.8, 4) is 5.69 Å². The number of anilines is 1. The average Bonchev–Trinajstić information content (AvgIpc) is 3.12. The van der Waals surface area contributed by atoms with Gasteiger partial charge in [-0.2, -0.15) is 0 Å². The van der Waals surface area contributed by atoms with Gasteiger partial charge in [0.25, 0.3) is 0 Å². The molecule has 8 heteroatoms.